The van der Waals surface area contributed by atoms with Gasteiger partial charge in [-0.15, -0.1) is 13.2 Å². The van der Waals surface area contributed by atoms with Crippen molar-refractivity contribution in [1.82, 2.24) is 4.98 Å². The Morgan fingerprint density at radius 2 is 1.89 bits per heavy atom. The van der Waals surface area contributed by atoms with Crippen molar-refractivity contribution >= 4 is 45.4 Å². The Morgan fingerprint density at radius 3 is 2.52 bits per heavy atom. The highest BCUT2D eigenvalue weighted by molar-refractivity contribution is 7.18. The number of rotatable bonds is 5. The predicted molar refractivity (Wildman–Crippen MR) is 97.8 cm³/mol. The lowest BCUT2D eigenvalue weighted by atomic mass is 10.1. The number of hydrogen-bond donors (Lipinski definition) is 2. The van der Waals surface area contributed by atoms with Crippen LogP contribution in [0.3, 0.4) is 0 Å². The number of hydrogen-bond acceptors (Lipinski definition) is 6. The second kappa shape index (κ2) is 7.45. The summed E-state index contributed by atoms with van der Waals surface area (Å²) >= 11 is 7.00. The summed E-state index contributed by atoms with van der Waals surface area (Å²) in [5.74, 6) is -0.681. The van der Waals surface area contributed by atoms with E-state index >= 15 is 0 Å². The Balaban J connectivity index is 1.80. The lowest BCUT2D eigenvalue weighted by molar-refractivity contribution is -0.274. The fraction of sp³-hybridized carbons (Fsp3) is 0.0588. The molecule has 10 heteroatoms. The number of ether oxygens (including phenoxy) is 1. The lowest BCUT2D eigenvalue weighted by Gasteiger charge is -2.11. The van der Waals surface area contributed by atoms with Gasteiger partial charge in [-0.1, -0.05) is 53.3 Å². The van der Waals surface area contributed by atoms with Crippen molar-refractivity contribution < 1.29 is 22.7 Å². The minimum absolute atomic E-state index is 0.0125. The van der Waals surface area contributed by atoms with E-state index in [1.165, 1.54) is 6.07 Å². The van der Waals surface area contributed by atoms with E-state index in [9.17, 15) is 18.0 Å². The van der Waals surface area contributed by atoms with Crippen LogP contribution in [0, 0.1) is 0 Å². The largest absolute Gasteiger partial charge is 0.573 e. The van der Waals surface area contributed by atoms with Gasteiger partial charge in [0.1, 0.15) is 16.4 Å². The van der Waals surface area contributed by atoms with Gasteiger partial charge in [-0.3, -0.25) is 4.79 Å². The van der Waals surface area contributed by atoms with E-state index in [1.807, 2.05) is 0 Å². The van der Waals surface area contributed by atoms with E-state index in [0.717, 1.165) is 23.5 Å². The molecule has 0 saturated carbocycles. The molecule has 5 nitrogen and oxygen atoms in total. The van der Waals surface area contributed by atoms with E-state index in [4.69, 9.17) is 17.3 Å². The zero-order chi connectivity index (χ0) is 19.6. The van der Waals surface area contributed by atoms with Gasteiger partial charge in [-0.05, 0) is 12.1 Å². The first-order valence-electron chi connectivity index (χ1n) is 7.41. The van der Waals surface area contributed by atoms with Crippen molar-refractivity contribution in [3.8, 4) is 5.75 Å². The number of halogens is 4. The van der Waals surface area contributed by atoms with Gasteiger partial charge in [0.2, 0.25) is 5.78 Å². The maximum atomic E-state index is 12.5. The molecule has 0 bridgehead atoms. The van der Waals surface area contributed by atoms with Crippen LogP contribution < -0.4 is 15.8 Å². The quantitative estimate of drug-likeness (QED) is 0.558. The van der Waals surface area contributed by atoms with E-state index in [0.29, 0.717) is 11.3 Å². The first-order chi connectivity index (χ1) is 12.7. The molecule has 27 heavy (non-hydrogen) atoms. The average Bonchev–Trinajstić information content (AvgIpc) is 2.96. The maximum Gasteiger partial charge on any atom is 0.573 e. The molecule has 1 aromatic heterocycles. The number of nitrogen functional groups attached to an aromatic ring is 1. The third-order valence-corrected chi connectivity index (χ3v) is 4.61. The average molecular weight is 414 g/mol. The SMILES string of the molecule is Nc1nc(Nc2ccc(OC(F)(F)F)cc2Cl)sc1C(=O)c1ccccc1. The summed E-state index contributed by atoms with van der Waals surface area (Å²) in [5, 5.41) is 3.10. The van der Waals surface area contributed by atoms with Crippen LogP contribution in [-0.2, 0) is 0 Å². The second-order valence-corrected chi connectivity index (χ2v) is 6.65. The van der Waals surface area contributed by atoms with Gasteiger partial charge in [0, 0.05) is 11.6 Å². The second-order valence-electron chi connectivity index (χ2n) is 5.24. The summed E-state index contributed by atoms with van der Waals surface area (Å²) in [5.41, 5.74) is 6.58. The number of anilines is 3. The van der Waals surface area contributed by atoms with Crippen LogP contribution in [0.4, 0.5) is 29.8 Å². The maximum absolute atomic E-state index is 12.5. The number of thiazole rings is 1. The molecular weight excluding hydrogens is 403 g/mol. The van der Waals surface area contributed by atoms with Gasteiger partial charge in [0.15, 0.2) is 5.13 Å². The van der Waals surface area contributed by atoms with Gasteiger partial charge in [0.25, 0.3) is 0 Å². The standard InChI is InChI=1S/C17H11ClF3N3O2S/c18-11-8-10(26-17(19,20)21)6-7-12(11)23-16-24-15(22)14(27-16)13(25)9-4-2-1-3-5-9/h1-8H,22H2,(H,23,24). The van der Waals surface area contributed by atoms with Crippen molar-refractivity contribution in [1.29, 1.82) is 0 Å². The van der Waals surface area contributed by atoms with Crippen LogP contribution in [0.5, 0.6) is 5.75 Å². The van der Waals surface area contributed by atoms with Crippen molar-refractivity contribution in [2.75, 3.05) is 11.1 Å². The molecule has 0 radical (unpaired) electrons. The predicted octanol–water partition coefficient (Wildman–Crippen LogP) is 5.25. The summed E-state index contributed by atoms with van der Waals surface area (Å²) in [7, 11) is 0. The van der Waals surface area contributed by atoms with Crippen molar-refractivity contribution in [3.63, 3.8) is 0 Å². The fourth-order valence-corrected chi connectivity index (χ4v) is 3.26. The number of nitrogens with one attached hydrogen (secondary N) is 1. The van der Waals surface area contributed by atoms with Crippen molar-refractivity contribution in [2.45, 2.75) is 6.36 Å². The number of nitrogens with two attached hydrogens (primary N) is 1. The molecular formula is C17H11ClF3N3O2S. The van der Waals surface area contributed by atoms with Crippen LogP contribution in [-0.4, -0.2) is 17.1 Å². The fourth-order valence-electron chi connectivity index (χ4n) is 2.18. The van der Waals surface area contributed by atoms with Gasteiger partial charge in [-0.2, -0.15) is 0 Å². The topological polar surface area (TPSA) is 77.2 Å². The lowest BCUT2D eigenvalue weighted by Crippen LogP contribution is -2.17. The number of benzene rings is 2. The van der Waals surface area contributed by atoms with Gasteiger partial charge in [0.05, 0.1) is 10.7 Å². The number of nitrogens with zero attached hydrogens (tertiary/aromatic N) is 1. The summed E-state index contributed by atoms with van der Waals surface area (Å²) < 4.78 is 40.5. The summed E-state index contributed by atoms with van der Waals surface area (Å²) in [6.07, 6.45) is -4.81. The summed E-state index contributed by atoms with van der Waals surface area (Å²) in [4.78, 5) is 16.8. The van der Waals surface area contributed by atoms with Crippen LogP contribution in [0.1, 0.15) is 15.2 Å². The van der Waals surface area contributed by atoms with E-state index in [-0.39, 0.29) is 26.6 Å². The molecule has 2 aromatic carbocycles. The van der Waals surface area contributed by atoms with E-state index < -0.39 is 12.1 Å². The van der Waals surface area contributed by atoms with Crippen LogP contribution in [0.15, 0.2) is 48.5 Å². The molecule has 0 aliphatic heterocycles. The molecule has 140 valence electrons. The Bertz CT molecular complexity index is 977. The molecule has 3 rings (SSSR count). The molecule has 0 unspecified atom stereocenters. The first kappa shape index (κ1) is 19.0. The minimum Gasteiger partial charge on any atom is -0.406 e. The molecule has 3 N–H and O–H groups in total. The molecule has 0 aliphatic rings. The zero-order valence-electron chi connectivity index (χ0n) is 13.4. The molecule has 0 fully saturated rings. The highest BCUT2D eigenvalue weighted by Gasteiger charge is 2.31. The number of alkyl halides is 3. The third-order valence-electron chi connectivity index (χ3n) is 3.31. The van der Waals surface area contributed by atoms with Gasteiger partial charge < -0.3 is 15.8 Å². The summed E-state index contributed by atoms with van der Waals surface area (Å²) in [6, 6.07) is 12.0. The molecule has 3 aromatic rings. The Labute approximate surface area is 160 Å². The molecule has 0 aliphatic carbocycles. The highest BCUT2D eigenvalue weighted by atomic mass is 35.5. The summed E-state index contributed by atoms with van der Waals surface area (Å²) in [6.45, 7) is 0. The number of ketones is 1. The van der Waals surface area contributed by atoms with Crippen LogP contribution in [0.25, 0.3) is 0 Å². The molecule has 0 saturated heterocycles. The first-order valence-corrected chi connectivity index (χ1v) is 8.61. The minimum atomic E-state index is -4.81. The molecule has 0 amide bonds. The number of aromatic nitrogens is 1. The van der Waals surface area contributed by atoms with Crippen LogP contribution >= 0.6 is 22.9 Å². The van der Waals surface area contributed by atoms with E-state index in [1.54, 1.807) is 30.3 Å². The zero-order valence-corrected chi connectivity index (χ0v) is 15.0. The number of carbonyl (C=O) groups is 1. The van der Waals surface area contributed by atoms with Gasteiger partial charge >= 0.3 is 6.36 Å². The van der Waals surface area contributed by atoms with Crippen LogP contribution in [0.2, 0.25) is 5.02 Å². The third kappa shape index (κ3) is 4.69. The van der Waals surface area contributed by atoms with Crippen molar-refractivity contribution in [2.24, 2.45) is 0 Å². The Morgan fingerprint density at radius 1 is 1.19 bits per heavy atom. The Hall–Kier alpha value is -2.78. The van der Waals surface area contributed by atoms with Crippen molar-refractivity contribution in [3.05, 3.63) is 64.0 Å². The highest BCUT2D eigenvalue weighted by Crippen LogP contribution is 2.34. The Kier molecular flexibility index (Phi) is 5.24. The molecule has 1 heterocycles. The molecule has 0 spiro atoms. The normalized spacial score (nSPS) is 11.3. The van der Waals surface area contributed by atoms with E-state index in [2.05, 4.69) is 15.0 Å². The smallest absolute Gasteiger partial charge is 0.406 e. The monoisotopic (exact) mass is 413 g/mol. The molecule has 0 atom stereocenters. The van der Waals surface area contributed by atoms with Gasteiger partial charge in [-0.25, -0.2) is 4.98 Å². The number of carbonyl (C=O) groups excluding carboxylic acids is 1.